The van der Waals surface area contributed by atoms with E-state index in [0.717, 1.165) is 44.7 Å². The summed E-state index contributed by atoms with van der Waals surface area (Å²) in [5, 5.41) is 2.82. The minimum absolute atomic E-state index is 0.183. The Balaban J connectivity index is 2.10. The highest BCUT2D eigenvalue weighted by Crippen LogP contribution is 2.29. The van der Waals surface area contributed by atoms with E-state index in [1.54, 1.807) is 0 Å². The monoisotopic (exact) mass is 384 g/mol. The Bertz CT molecular complexity index is 766. The molecular formula is C19H27F3N4O. The average molecular weight is 384 g/mol. The molecular weight excluding hydrogens is 357 g/mol. The van der Waals surface area contributed by atoms with E-state index in [9.17, 15) is 18.0 Å². The van der Waals surface area contributed by atoms with Gasteiger partial charge in [0.25, 0.3) is 5.91 Å². The zero-order valence-electron chi connectivity index (χ0n) is 16.1. The number of aryl methyl sites for hydroxylation is 1. The third-order valence-corrected chi connectivity index (χ3v) is 4.65. The van der Waals surface area contributed by atoms with E-state index in [1.165, 1.54) is 10.5 Å². The molecule has 0 fully saturated rings. The van der Waals surface area contributed by atoms with E-state index in [0.29, 0.717) is 24.3 Å². The molecule has 2 rings (SSSR count). The van der Waals surface area contributed by atoms with Crippen molar-refractivity contribution in [3.63, 3.8) is 0 Å². The van der Waals surface area contributed by atoms with Crippen LogP contribution >= 0.6 is 0 Å². The molecule has 5 nitrogen and oxygen atoms in total. The molecule has 1 amide bonds. The smallest absolute Gasteiger partial charge is 0.351 e. The van der Waals surface area contributed by atoms with Gasteiger partial charge in [-0.3, -0.25) is 9.20 Å². The first-order chi connectivity index (χ1) is 12.8. The Morgan fingerprint density at radius 2 is 1.89 bits per heavy atom. The SMILES string of the molecule is CCc1nc2ccc(C(F)(F)F)cn2c1C(=O)NCCCCN(CC)CC. The number of fused-ring (bicyclic) bond motifs is 1. The topological polar surface area (TPSA) is 49.6 Å². The lowest BCUT2D eigenvalue weighted by molar-refractivity contribution is -0.137. The van der Waals surface area contributed by atoms with Crippen LogP contribution in [-0.4, -0.2) is 46.4 Å². The van der Waals surface area contributed by atoms with Crippen LogP contribution in [-0.2, 0) is 12.6 Å². The molecule has 0 aromatic carbocycles. The standard InChI is InChI=1S/C19H27F3N4O/c1-4-15-17(18(27)23-11-7-8-12-25(5-2)6-3)26-13-14(19(20,21)22)9-10-16(26)24-15/h9-10,13H,4-8,11-12H2,1-3H3,(H,23,27). The van der Waals surface area contributed by atoms with Gasteiger partial charge in [0.15, 0.2) is 0 Å². The number of pyridine rings is 1. The normalized spacial score (nSPS) is 12.1. The van der Waals surface area contributed by atoms with Crippen LogP contribution in [0.15, 0.2) is 18.3 Å². The third kappa shape index (κ3) is 5.22. The molecule has 150 valence electrons. The Hall–Kier alpha value is -2.09. The fraction of sp³-hybridized carbons (Fsp3) is 0.579. The molecule has 0 spiro atoms. The van der Waals surface area contributed by atoms with Crippen molar-refractivity contribution in [2.24, 2.45) is 0 Å². The van der Waals surface area contributed by atoms with Gasteiger partial charge in [-0.25, -0.2) is 4.98 Å². The van der Waals surface area contributed by atoms with Crippen molar-refractivity contribution in [2.75, 3.05) is 26.2 Å². The number of alkyl halides is 3. The second-order valence-electron chi connectivity index (χ2n) is 6.39. The van der Waals surface area contributed by atoms with E-state index in [-0.39, 0.29) is 11.6 Å². The van der Waals surface area contributed by atoms with Crippen molar-refractivity contribution in [3.05, 3.63) is 35.3 Å². The molecule has 0 aliphatic rings. The van der Waals surface area contributed by atoms with Crippen LogP contribution in [0.3, 0.4) is 0 Å². The van der Waals surface area contributed by atoms with E-state index in [1.807, 2.05) is 6.92 Å². The number of nitrogens with zero attached hydrogens (tertiary/aromatic N) is 3. The van der Waals surface area contributed by atoms with Gasteiger partial charge in [-0.05, 0) is 51.0 Å². The molecule has 0 saturated heterocycles. The number of rotatable bonds is 9. The fourth-order valence-electron chi connectivity index (χ4n) is 3.03. The molecule has 0 bridgehead atoms. The molecule has 0 radical (unpaired) electrons. The van der Waals surface area contributed by atoms with Gasteiger partial charge in [-0.1, -0.05) is 20.8 Å². The summed E-state index contributed by atoms with van der Waals surface area (Å²) in [4.78, 5) is 19.2. The predicted molar refractivity (Wildman–Crippen MR) is 98.9 cm³/mol. The number of aromatic nitrogens is 2. The maximum absolute atomic E-state index is 13.0. The summed E-state index contributed by atoms with van der Waals surface area (Å²) in [5.74, 6) is -0.387. The molecule has 0 saturated carbocycles. The highest BCUT2D eigenvalue weighted by atomic mass is 19.4. The average Bonchev–Trinajstić information content (AvgIpc) is 3.01. The maximum Gasteiger partial charge on any atom is 0.417 e. The summed E-state index contributed by atoms with van der Waals surface area (Å²) < 4.78 is 40.3. The van der Waals surface area contributed by atoms with Crippen LogP contribution in [0.25, 0.3) is 5.65 Å². The largest absolute Gasteiger partial charge is 0.417 e. The van der Waals surface area contributed by atoms with Gasteiger partial charge in [0.1, 0.15) is 11.3 Å². The highest BCUT2D eigenvalue weighted by Gasteiger charge is 2.31. The number of unbranched alkanes of at least 4 members (excludes halogenated alkanes) is 1. The minimum Gasteiger partial charge on any atom is -0.351 e. The number of carbonyl (C=O) groups is 1. The zero-order valence-corrected chi connectivity index (χ0v) is 16.1. The number of hydrogen-bond donors (Lipinski definition) is 1. The number of amides is 1. The molecule has 0 unspecified atom stereocenters. The lowest BCUT2D eigenvalue weighted by Gasteiger charge is -2.17. The van der Waals surface area contributed by atoms with Crippen molar-refractivity contribution in [2.45, 2.75) is 46.2 Å². The third-order valence-electron chi connectivity index (χ3n) is 4.65. The highest BCUT2D eigenvalue weighted by molar-refractivity contribution is 5.94. The minimum atomic E-state index is -4.47. The summed E-state index contributed by atoms with van der Waals surface area (Å²) >= 11 is 0. The molecule has 1 N–H and O–H groups in total. The molecule has 0 atom stereocenters. The first-order valence-electron chi connectivity index (χ1n) is 9.40. The molecule has 0 aliphatic carbocycles. The Labute approximate surface area is 157 Å². The van der Waals surface area contributed by atoms with Gasteiger partial charge in [-0.15, -0.1) is 0 Å². The van der Waals surface area contributed by atoms with Crippen LogP contribution in [0.2, 0.25) is 0 Å². The number of halogens is 3. The van der Waals surface area contributed by atoms with E-state index in [4.69, 9.17) is 0 Å². The Morgan fingerprint density at radius 1 is 1.19 bits per heavy atom. The quantitative estimate of drug-likeness (QED) is 0.670. The van der Waals surface area contributed by atoms with Crippen molar-refractivity contribution in [3.8, 4) is 0 Å². The van der Waals surface area contributed by atoms with Gasteiger partial charge in [0, 0.05) is 12.7 Å². The predicted octanol–water partition coefficient (Wildman–Crippen LogP) is 3.77. The number of carbonyl (C=O) groups excluding carboxylic acids is 1. The van der Waals surface area contributed by atoms with E-state index in [2.05, 4.69) is 29.0 Å². The van der Waals surface area contributed by atoms with Crippen molar-refractivity contribution in [1.29, 1.82) is 0 Å². The molecule has 2 heterocycles. The molecule has 8 heteroatoms. The maximum atomic E-state index is 13.0. The van der Waals surface area contributed by atoms with Gasteiger partial charge in [0.05, 0.1) is 11.3 Å². The van der Waals surface area contributed by atoms with Crippen LogP contribution in [0, 0.1) is 0 Å². The van der Waals surface area contributed by atoms with Gasteiger partial charge >= 0.3 is 6.18 Å². The first kappa shape index (κ1) is 21.2. The van der Waals surface area contributed by atoms with Crippen LogP contribution in [0.4, 0.5) is 13.2 Å². The second-order valence-corrected chi connectivity index (χ2v) is 6.39. The number of nitrogens with one attached hydrogen (secondary N) is 1. The second kappa shape index (κ2) is 9.21. The van der Waals surface area contributed by atoms with Crippen molar-refractivity contribution in [1.82, 2.24) is 19.6 Å². The lowest BCUT2D eigenvalue weighted by Crippen LogP contribution is -2.28. The number of imidazole rings is 1. The zero-order chi connectivity index (χ0) is 20.0. The van der Waals surface area contributed by atoms with Crippen LogP contribution in [0.1, 0.15) is 55.4 Å². The van der Waals surface area contributed by atoms with E-state index < -0.39 is 11.7 Å². The van der Waals surface area contributed by atoms with Crippen LogP contribution in [0.5, 0.6) is 0 Å². The lowest BCUT2D eigenvalue weighted by atomic mass is 10.2. The van der Waals surface area contributed by atoms with Crippen molar-refractivity contribution < 1.29 is 18.0 Å². The summed E-state index contributed by atoms with van der Waals surface area (Å²) in [7, 11) is 0. The summed E-state index contributed by atoms with van der Waals surface area (Å²) in [6, 6.07) is 2.28. The summed E-state index contributed by atoms with van der Waals surface area (Å²) in [6.45, 7) is 9.48. The van der Waals surface area contributed by atoms with Gasteiger partial charge < -0.3 is 10.2 Å². The molecule has 0 aliphatic heterocycles. The molecule has 2 aromatic heterocycles. The Kier molecular flexibility index (Phi) is 7.24. The molecule has 2 aromatic rings. The number of hydrogen-bond acceptors (Lipinski definition) is 3. The summed E-state index contributed by atoms with van der Waals surface area (Å²) in [6.07, 6.45) is -1.30. The van der Waals surface area contributed by atoms with Gasteiger partial charge in [0.2, 0.25) is 0 Å². The van der Waals surface area contributed by atoms with Crippen molar-refractivity contribution >= 4 is 11.6 Å². The van der Waals surface area contributed by atoms with Crippen LogP contribution < -0.4 is 5.32 Å². The fourth-order valence-corrected chi connectivity index (χ4v) is 3.03. The first-order valence-corrected chi connectivity index (χ1v) is 9.40. The summed E-state index contributed by atoms with van der Waals surface area (Å²) in [5.41, 5.74) is 0.215. The van der Waals surface area contributed by atoms with Gasteiger partial charge in [-0.2, -0.15) is 13.2 Å². The molecule has 27 heavy (non-hydrogen) atoms. The Morgan fingerprint density at radius 3 is 2.48 bits per heavy atom. The van der Waals surface area contributed by atoms with E-state index >= 15 is 0 Å².